The Balaban J connectivity index is 2.87. The molecule has 1 aromatic carbocycles. The van der Waals surface area contributed by atoms with Crippen LogP contribution in [0.2, 0.25) is 0 Å². The predicted molar refractivity (Wildman–Crippen MR) is 114 cm³/mol. The Bertz CT molecular complexity index is 603. The standard InChI is InChI=1S/C25H42O/c1-22(2,3)18-15-19(23(4,5)6)21(20(16-18)24(7,8)9)25(10,26)17-13-11-12-14-17/h15-17,26H,11-14H2,1-10H3/t25-/m0/s1. The molecule has 0 bridgehead atoms. The molecular weight excluding hydrogens is 316 g/mol. The van der Waals surface area contributed by atoms with E-state index in [0.717, 1.165) is 12.8 Å². The fourth-order valence-corrected chi connectivity index (χ4v) is 4.50. The molecule has 0 amide bonds. The molecule has 148 valence electrons. The van der Waals surface area contributed by atoms with Crippen LogP contribution in [0.3, 0.4) is 0 Å². The fraction of sp³-hybridized carbons (Fsp3) is 0.760. The Labute approximate surface area is 162 Å². The van der Waals surface area contributed by atoms with Gasteiger partial charge in [-0.1, -0.05) is 87.3 Å². The summed E-state index contributed by atoms with van der Waals surface area (Å²) in [4.78, 5) is 0. The fourth-order valence-electron chi connectivity index (χ4n) is 4.50. The molecule has 0 saturated heterocycles. The van der Waals surface area contributed by atoms with Gasteiger partial charge in [0.25, 0.3) is 0 Å². The Hall–Kier alpha value is -0.820. The molecule has 0 aliphatic heterocycles. The monoisotopic (exact) mass is 358 g/mol. The van der Waals surface area contributed by atoms with Gasteiger partial charge in [-0.15, -0.1) is 0 Å². The topological polar surface area (TPSA) is 20.2 Å². The highest BCUT2D eigenvalue weighted by Crippen LogP contribution is 2.48. The lowest BCUT2D eigenvalue weighted by atomic mass is 9.66. The van der Waals surface area contributed by atoms with Crippen LogP contribution in [0.5, 0.6) is 0 Å². The molecule has 1 nitrogen and oxygen atoms in total. The van der Waals surface area contributed by atoms with Gasteiger partial charge in [0.1, 0.15) is 0 Å². The van der Waals surface area contributed by atoms with E-state index in [-0.39, 0.29) is 16.2 Å². The molecule has 0 unspecified atom stereocenters. The quantitative estimate of drug-likeness (QED) is 0.605. The van der Waals surface area contributed by atoms with Crippen LogP contribution in [0.1, 0.15) is 117 Å². The van der Waals surface area contributed by atoms with Crippen molar-refractivity contribution in [2.75, 3.05) is 0 Å². The molecule has 1 aromatic rings. The Morgan fingerprint density at radius 2 is 1.08 bits per heavy atom. The summed E-state index contributed by atoms with van der Waals surface area (Å²) in [5.41, 5.74) is 4.56. The normalized spacial score (nSPS) is 19.7. The molecule has 1 fully saturated rings. The van der Waals surface area contributed by atoms with Crippen LogP contribution in [-0.4, -0.2) is 5.11 Å². The first kappa shape index (κ1) is 21.5. The van der Waals surface area contributed by atoms with Crippen molar-refractivity contribution in [2.45, 2.75) is 117 Å². The van der Waals surface area contributed by atoms with Gasteiger partial charge < -0.3 is 5.11 Å². The summed E-state index contributed by atoms with van der Waals surface area (Å²) in [5.74, 6) is 0.366. The van der Waals surface area contributed by atoms with Gasteiger partial charge in [-0.25, -0.2) is 0 Å². The lowest BCUT2D eigenvalue weighted by Crippen LogP contribution is -2.37. The van der Waals surface area contributed by atoms with E-state index in [0.29, 0.717) is 5.92 Å². The molecule has 0 heterocycles. The van der Waals surface area contributed by atoms with Crippen LogP contribution in [0.4, 0.5) is 0 Å². The third-order valence-electron chi connectivity index (χ3n) is 6.28. The summed E-state index contributed by atoms with van der Waals surface area (Å²) in [6.45, 7) is 22.7. The highest BCUT2D eigenvalue weighted by molar-refractivity contribution is 5.50. The van der Waals surface area contributed by atoms with Crippen molar-refractivity contribution in [1.82, 2.24) is 0 Å². The zero-order chi connectivity index (χ0) is 20.1. The first-order valence-electron chi connectivity index (χ1n) is 10.5. The van der Waals surface area contributed by atoms with E-state index < -0.39 is 5.60 Å². The molecule has 2 rings (SSSR count). The smallest absolute Gasteiger partial charge is 0.0902 e. The van der Waals surface area contributed by atoms with Crippen molar-refractivity contribution in [1.29, 1.82) is 0 Å². The predicted octanol–water partition coefficient (Wildman–Crippen LogP) is 6.98. The average molecular weight is 359 g/mol. The molecule has 1 N–H and O–H groups in total. The van der Waals surface area contributed by atoms with Gasteiger partial charge in [0.15, 0.2) is 0 Å². The minimum atomic E-state index is -0.766. The molecule has 26 heavy (non-hydrogen) atoms. The van der Waals surface area contributed by atoms with E-state index in [1.165, 1.54) is 35.1 Å². The maximum Gasteiger partial charge on any atom is 0.0902 e. The van der Waals surface area contributed by atoms with Gasteiger partial charge in [0.05, 0.1) is 5.60 Å². The van der Waals surface area contributed by atoms with Crippen LogP contribution in [0, 0.1) is 5.92 Å². The summed E-state index contributed by atoms with van der Waals surface area (Å²) in [6, 6.07) is 4.77. The highest BCUT2D eigenvalue weighted by atomic mass is 16.3. The first-order chi connectivity index (χ1) is 11.6. The lowest BCUT2D eigenvalue weighted by molar-refractivity contribution is -0.00638. The zero-order valence-corrected chi connectivity index (χ0v) is 19.0. The minimum Gasteiger partial charge on any atom is -0.385 e. The van der Waals surface area contributed by atoms with Gasteiger partial charge in [0, 0.05) is 0 Å². The van der Waals surface area contributed by atoms with Crippen molar-refractivity contribution in [3.63, 3.8) is 0 Å². The molecule has 1 saturated carbocycles. The van der Waals surface area contributed by atoms with Crippen molar-refractivity contribution < 1.29 is 5.11 Å². The molecule has 1 atom stereocenters. The largest absolute Gasteiger partial charge is 0.385 e. The van der Waals surface area contributed by atoms with Gasteiger partial charge in [-0.3, -0.25) is 0 Å². The zero-order valence-electron chi connectivity index (χ0n) is 19.0. The maximum absolute atomic E-state index is 11.9. The van der Waals surface area contributed by atoms with Crippen LogP contribution in [0.15, 0.2) is 12.1 Å². The lowest BCUT2D eigenvalue weighted by Gasteiger charge is -2.41. The van der Waals surface area contributed by atoms with Crippen molar-refractivity contribution in [3.05, 3.63) is 34.4 Å². The van der Waals surface area contributed by atoms with Gasteiger partial charge >= 0.3 is 0 Å². The number of hydrogen-bond donors (Lipinski definition) is 1. The van der Waals surface area contributed by atoms with E-state index in [4.69, 9.17) is 0 Å². The number of aliphatic hydroxyl groups is 1. The van der Waals surface area contributed by atoms with Gasteiger partial charge in [-0.05, 0) is 64.2 Å². The summed E-state index contributed by atoms with van der Waals surface area (Å²) in [5, 5.41) is 11.9. The number of hydrogen-bond acceptors (Lipinski definition) is 1. The second-order valence-corrected chi connectivity index (χ2v) is 11.8. The Morgan fingerprint density at radius 1 is 0.692 bits per heavy atom. The average Bonchev–Trinajstić information content (AvgIpc) is 2.97. The Morgan fingerprint density at radius 3 is 1.38 bits per heavy atom. The summed E-state index contributed by atoms with van der Waals surface area (Å²) < 4.78 is 0. The molecule has 1 aliphatic rings. The van der Waals surface area contributed by atoms with E-state index in [9.17, 15) is 5.11 Å². The van der Waals surface area contributed by atoms with E-state index in [2.05, 4.69) is 81.4 Å². The van der Waals surface area contributed by atoms with Crippen LogP contribution in [-0.2, 0) is 21.8 Å². The van der Waals surface area contributed by atoms with Gasteiger partial charge in [0.2, 0.25) is 0 Å². The maximum atomic E-state index is 11.9. The second kappa shape index (κ2) is 6.66. The summed E-state index contributed by atoms with van der Waals surface area (Å²) in [7, 11) is 0. The molecular formula is C25H42O. The number of rotatable bonds is 2. The summed E-state index contributed by atoms with van der Waals surface area (Å²) in [6.07, 6.45) is 4.77. The van der Waals surface area contributed by atoms with E-state index >= 15 is 0 Å². The Kier molecular flexibility index (Phi) is 5.50. The van der Waals surface area contributed by atoms with Crippen molar-refractivity contribution >= 4 is 0 Å². The SMILES string of the molecule is CC(C)(C)c1cc(C(C)(C)C)c([C@@](C)(O)C2CCCC2)c(C(C)(C)C)c1. The van der Waals surface area contributed by atoms with Crippen LogP contribution >= 0.6 is 0 Å². The molecule has 1 aliphatic carbocycles. The van der Waals surface area contributed by atoms with Crippen molar-refractivity contribution in [2.24, 2.45) is 5.92 Å². The van der Waals surface area contributed by atoms with Gasteiger partial charge in [-0.2, -0.15) is 0 Å². The molecule has 0 spiro atoms. The molecule has 0 aromatic heterocycles. The molecule has 1 heteroatoms. The summed E-state index contributed by atoms with van der Waals surface area (Å²) >= 11 is 0. The second-order valence-electron chi connectivity index (χ2n) is 11.8. The van der Waals surface area contributed by atoms with Crippen LogP contribution < -0.4 is 0 Å². The van der Waals surface area contributed by atoms with Crippen LogP contribution in [0.25, 0.3) is 0 Å². The van der Waals surface area contributed by atoms with E-state index in [1.807, 2.05) is 0 Å². The van der Waals surface area contributed by atoms with Crippen molar-refractivity contribution in [3.8, 4) is 0 Å². The third kappa shape index (κ3) is 4.19. The molecule has 0 radical (unpaired) electrons. The minimum absolute atomic E-state index is 0.000806. The highest BCUT2D eigenvalue weighted by Gasteiger charge is 2.42. The third-order valence-corrected chi connectivity index (χ3v) is 6.28. The van der Waals surface area contributed by atoms with E-state index in [1.54, 1.807) is 0 Å². The first-order valence-corrected chi connectivity index (χ1v) is 10.5. The number of benzene rings is 1.